The Bertz CT molecular complexity index is 766. The van der Waals surface area contributed by atoms with Crippen molar-refractivity contribution in [2.75, 3.05) is 6.54 Å². The molecule has 0 saturated carbocycles. The lowest BCUT2D eigenvalue weighted by Crippen LogP contribution is -2.47. The third kappa shape index (κ3) is 7.65. The third-order valence-electron chi connectivity index (χ3n) is 4.93. The van der Waals surface area contributed by atoms with E-state index in [-0.39, 0.29) is 29.8 Å². The number of carbonyl (C=O) groups is 2. The summed E-state index contributed by atoms with van der Waals surface area (Å²) in [5, 5.41) is 2.03. The molecular weight excluding hydrogens is 380 g/mol. The van der Waals surface area contributed by atoms with E-state index in [1.165, 1.54) is 0 Å². The molecule has 1 heterocycles. The monoisotopic (exact) mass is 414 g/mol. The van der Waals surface area contributed by atoms with Crippen LogP contribution in [0.2, 0.25) is 0 Å². The predicted molar refractivity (Wildman–Crippen MR) is 121 cm³/mol. The highest BCUT2D eigenvalue weighted by atomic mass is 32.1. The Kier molecular flexibility index (Phi) is 8.45. The van der Waals surface area contributed by atoms with Crippen LogP contribution in [0.1, 0.15) is 57.9 Å². The van der Waals surface area contributed by atoms with Crippen LogP contribution in [0.4, 0.5) is 0 Å². The van der Waals surface area contributed by atoms with E-state index in [1.807, 2.05) is 59.7 Å². The van der Waals surface area contributed by atoms with Gasteiger partial charge in [0.25, 0.3) is 0 Å². The number of hydrogen-bond donors (Lipinski definition) is 0. The van der Waals surface area contributed by atoms with Crippen molar-refractivity contribution in [3.63, 3.8) is 0 Å². The molecule has 2 amide bonds. The Labute approximate surface area is 179 Å². The van der Waals surface area contributed by atoms with Gasteiger partial charge >= 0.3 is 0 Å². The summed E-state index contributed by atoms with van der Waals surface area (Å²) in [4.78, 5) is 31.0. The zero-order valence-corrected chi connectivity index (χ0v) is 19.2. The van der Waals surface area contributed by atoms with Crippen LogP contribution in [0.3, 0.4) is 0 Å². The number of carbonyl (C=O) groups excluding carboxylic acids is 2. The number of amides is 2. The average Bonchev–Trinajstić information content (AvgIpc) is 3.17. The van der Waals surface area contributed by atoms with E-state index < -0.39 is 0 Å². The SMILES string of the molecule is CCC(C)N(CC(=O)N(Cc1ccccc1)Cc1cccs1)C(=O)CC(C)(C)C. The van der Waals surface area contributed by atoms with Crippen LogP contribution in [-0.4, -0.2) is 34.2 Å². The number of hydrogen-bond acceptors (Lipinski definition) is 3. The molecule has 0 fully saturated rings. The Morgan fingerprint density at radius 2 is 1.69 bits per heavy atom. The summed E-state index contributed by atoms with van der Waals surface area (Å²) >= 11 is 1.65. The molecule has 2 aromatic rings. The Morgan fingerprint density at radius 3 is 2.24 bits per heavy atom. The Hall–Kier alpha value is -2.14. The van der Waals surface area contributed by atoms with Crippen molar-refractivity contribution < 1.29 is 9.59 Å². The van der Waals surface area contributed by atoms with E-state index in [2.05, 4.69) is 27.7 Å². The summed E-state index contributed by atoms with van der Waals surface area (Å²) in [6, 6.07) is 14.1. The van der Waals surface area contributed by atoms with Gasteiger partial charge < -0.3 is 9.80 Å². The molecule has 0 aliphatic carbocycles. The van der Waals surface area contributed by atoms with Gasteiger partial charge in [0.15, 0.2) is 0 Å². The molecule has 2 rings (SSSR count). The van der Waals surface area contributed by atoms with Crippen LogP contribution in [0, 0.1) is 5.41 Å². The van der Waals surface area contributed by atoms with E-state index >= 15 is 0 Å². The van der Waals surface area contributed by atoms with Crippen molar-refractivity contribution in [2.24, 2.45) is 5.41 Å². The quantitative estimate of drug-likeness (QED) is 0.556. The summed E-state index contributed by atoms with van der Waals surface area (Å²) in [5.74, 6) is 0.0424. The maximum absolute atomic E-state index is 13.3. The molecule has 1 aromatic carbocycles. The van der Waals surface area contributed by atoms with Crippen molar-refractivity contribution in [1.29, 1.82) is 0 Å². The first-order valence-corrected chi connectivity index (χ1v) is 11.2. The molecule has 29 heavy (non-hydrogen) atoms. The van der Waals surface area contributed by atoms with E-state index in [4.69, 9.17) is 0 Å². The molecule has 0 spiro atoms. The zero-order valence-electron chi connectivity index (χ0n) is 18.4. The largest absolute Gasteiger partial charge is 0.332 e. The molecule has 1 atom stereocenters. The van der Waals surface area contributed by atoms with Crippen molar-refractivity contribution in [3.05, 3.63) is 58.3 Å². The van der Waals surface area contributed by atoms with Gasteiger partial charge in [-0.1, -0.05) is 64.1 Å². The molecule has 0 N–H and O–H groups in total. The minimum Gasteiger partial charge on any atom is -0.332 e. The van der Waals surface area contributed by atoms with Crippen molar-refractivity contribution in [2.45, 2.75) is 66.6 Å². The zero-order chi connectivity index (χ0) is 21.4. The van der Waals surface area contributed by atoms with Crippen LogP contribution in [-0.2, 0) is 22.7 Å². The van der Waals surface area contributed by atoms with Gasteiger partial charge in [-0.2, -0.15) is 0 Å². The minimum absolute atomic E-state index is 0.00943. The average molecular weight is 415 g/mol. The molecule has 1 aromatic heterocycles. The topological polar surface area (TPSA) is 40.6 Å². The summed E-state index contributed by atoms with van der Waals surface area (Å²) in [7, 11) is 0. The van der Waals surface area contributed by atoms with Crippen LogP contribution in [0.25, 0.3) is 0 Å². The Balaban J connectivity index is 2.18. The molecule has 1 unspecified atom stereocenters. The first kappa shape index (κ1) is 23.1. The van der Waals surface area contributed by atoms with Crippen molar-refractivity contribution in [3.8, 4) is 0 Å². The highest BCUT2D eigenvalue weighted by molar-refractivity contribution is 7.09. The standard InChI is InChI=1S/C24H34N2O2S/c1-6-19(2)26(22(27)15-24(3,4)5)18-23(28)25(17-21-13-10-14-29-21)16-20-11-8-7-9-12-20/h7-14,19H,6,15-18H2,1-5H3. The smallest absolute Gasteiger partial charge is 0.242 e. The fourth-order valence-electron chi connectivity index (χ4n) is 3.14. The molecule has 4 nitrogen and oxygen atoms in total. The maximum Gasteiger partial charge on any atom is 0.242 e. The number of rotatable bonds is 9. The lowest BCUT2D eigenvalue weighted by molar-refractivity contribution is -0.144. The summed E-state index contributed by atoms with van der Waals surface area (Å²) in [6.45, 7) is 11.5. The van der Waals surface area contributed by atoms with Gasteiger partial charge in [0.05, 0.1) is 6.54 Å². The third-order valence-corrected chi connectivity index (χ3v) is 5.79. The van der Waals surface area contributed by atoms with Crippen molar-refractivity contribution in [1.82, 2.24) is 9.80 Å². The minimum atomic E-state index is -0.105. The van der Waals surface area contributed by atoms with Gasteiger partial charge in [-0.25, -0.2) is 0 Å². The molecule has 5 heteroatoms. The molecule has 0 aliphatic heterocycles. The van der Waals surface area contributed by atoms with Gasteiger partial charge in [-0.15, -0.1) is 11.3 Å². The molecule has 0 bridgehead atoms. The molecular formula is C24H34N2O2S. The maximum atomic E-state index is 13.3. The van der Waals surface area contributed by atoms with Crippen LogP contribution in [0.5, 0.6) is 0 Å². The second kappa shape index (κ2) is 10.6. The highest BCUT2D eigenvalue weighted by Gasteiger charge is 2.27. The first-order chi connectivity index (χ1) is 13.7. The number of thiophene rings is 1. The normalized spacial score (nSPS) is 12.4. The van der Waals surface area contributed by atoms with Crippen LogP contribution in [0.15, 0.2) is 47.8 Å². The van der Waals surface area contributed by atoms with Crippen LogP contribution >= 0.6 is 11.3 Å². The summed E-state index contributed by atoms with van der Waals surface area (Å²) in [5.41, 5.74) is 0.987. The lowest BCUT2D eigenvalue weighted by atomic mass is 9.91. The van der Waals surface area contributed by atoms with E-state index in [0.717, 1.165) is 16.9 Å². The van der Waals surface area contributed by atoms with E-state index in [1.54, 1.807) is 16.2 Å². The summed E-state index contributed by atoms with van der Waals surface area (Å²) < 4.78 is 0. The lowest BCUT2D eigenvalue weighted by Gasteiger charge is -2.33. The second-order valence-corrected chi connectivity index (χ2v) is 9.86. The predicted octanol–water partition coefficient (Wildman–Crippen LogP) is 5.34. The fourth-order valence-corrected chi connectivity index (χ4v) is 3.86. The number of benzene rings is 1. The van der Waals surface area contributed by atoms with Gasteiger partial charge in [0.2, 0.25) is 11.8 Å². The number of nitrogens with zero attached hydrogens (tertiary/aromatic N) is 2. The molecule has 158 valence electrons. The fraction of sp³-hybridized carbons (Fsp3) is 0.500. The van der Waals surface area contributed by atoms with E-state index in [0.29, 0.717) is 19.5 Å². The summed E-state index contributed by atoms with van der Waals surface area (Å²) in [6.07, 6.45) is 1.26. The molecule has 0 saturated heterocycles. The van der Waals surface area contributed by atoms with Gasteiger partial charge in [0.1, 0.15) is 6.54 Å². The Morgan fingerprint density at radius 1 is 1.00 bits per heavy atom. The van der Waals surface area contributed by atoms with Gasteiger partial charge in [0, 0.05) is 23.9 Å². The molecule has 0 aliphatic rings. The van der Waals surface area contributed by atoms with E-state index in [9.17, 15) is 9.59 Å². The first-order valence-electron chi connectivity index (χ1n) is 10.3. The van der Waals surface area contributed by atoms with Gasteiger partial charge in [-0.05, 0) is 35.8 Å². The van der Waals surface area contributed by atoms with Gasteiger partial charge in [-0.3, -0.25) is 9.59 Å². The van der Waals surface area contributed by atoms with Crippen LogP contribution < -0.4 is 0 Å². The van der Waals surface area contributed by atoms with Crippen molar-refractivity contribution >= 4 is 23.2 Å². The highest BCUT2D eigenvalue weighted by Crippen LogP contribution is 2.22. The second-order valence-electron chi connectivity index (χ2n) is 8.83. The molecule has 0 radical (unpaired) electrons.